The van der Waals surface area contributed by atoms with E-state index in [0.29, 0.717) is 0 Å². The van der Waals surface area contributed by atoms with Crippen LogP contribution in [0, 0.1) is 5.82 Å². The van der Waals surface area contributed by atoms with Crippen molar-refractivity contribution in [2.45, 2.75) is 18.9 Å². The van der Waals surface area contributed by atoms with Gasteiger partial charge in [-0.1, -0.05) is 12.1 Å². The van der Waals surface area contributed by atoms with Crippen LogP contribution < -0.4 is 10.5 Å². The zero-order valence-electron chi connectivity index (χ0n) is 10.5. The summed E-state index contributed by atoms with van der Waals surface area (Å²) in [7, 11) is 1.12. The maximum Gasteiger partial charge on any atom is 0.379 e. The Morgan fingerprint density at radius 2 is 2.11 bits per heavy atom. The summed E-state index contributed by atoms with van der Waals surface area (Å²) in [5.74, 6) is -6.99. The minimum atomic E-state index is -3.98. The topological polar surface area (TPSA) is 61.5 Å². The van der Waals surface area contributed by atoms with E-state index in [1.807, 2.05) is 0 Å². The molecular weight excluding hydrogens is 263 g/mol. The van der Waals surface area contributed by atoms with E-state index in [4.69, 9.17) is 10.5 Å². The molecule has 0 aromatic heterocycles. The molecule has 0 spiro atoms. The van der Waals surface area contributed by atoms with Crippen molar-refractivity contribution in [3.63, 3.8) is 0 Å². The first kappa shape index (κ1) is 15.3. The van der Waals surface area contributed by atoms with Crippen molar-refractivity contribution in [2.75, 3.05) is 13.7 Å². The summed E-state index contributed by atoms with van der Waals surface area (Å²) in [5.41, 5.74) is 5.05. The van der Waals surface area contributed by atoms with Gasteiger partial charge >= 0.3 is 11.9 Å². The fraction of sp³-hybridized carbons (Fsp3) is 0.417. The molecule has 0 aliphatic rings. The zero-order chi connectivity index (χ0) is 14.6. The summed E-state index contributed by atoms with van der Waals surface area (Å²) in [6.07, 6.45) is 0. The van der Waals surface area contributed by atoms with Crippen LogP contribution in [0.2, 0.25) is 0 Å². The summed E-state index contributed by atoms with van der Waals surface area (Å²) in [4.78, 5) is 11.2. The second kappa shape index (κ2) is 5.92. The van der Waals surface area contributed by atoms with Crippen molar-refractivity contribution < 1.29 is 27.4 Å². The Balaban J connectivity index is 3.16. The van der Waals surface area contributed by atoms with Crippen molar-refractivity contribution in [2.24, 2.45) is 5.73 Å². The van der Waals surface area contributed by atoms with E-state index in [2.05, 4.69) is 4.74 Å². The Kier molecular flexibility index (Phi) is 4.77. The first-order chi connectivity index (χ1) is 8.86. The largest absolute Gasteiger partial charge is 0.493 e. The highest BCUT2D eigenvalue weighted by molar-refractivity contribution is 5.79. The predicted molar refractivity (Wildman–Crippen MR) is 61.5 cm³/mol. The number of ether oxygens (including phenoxy) is 2. The van der Waals surface area contributed by atoms with E-state index in [0.717, 1.165) is 13.2 Å². The average molecular weight is 277 g/mol. The van der Waals surface area contributed by atoms with Crippen molar-refractivity contribution in [3.8, 4) is 5.75 Å². The van der Waals surface area contributed by atoms with Crippen LogP contribution in [0.3, 0.4) is 0 Å². The van der Waals surface area contributed by atoms with Gasteiger partial charge in [0.25, 0.3) is 0 Å². The summed E-state index contributed by atoms with van der Waals surface area (Å²) in [6.45, 7) is 1.18. The summed E-state index contributed by atoms with van der Waals surface area (Å²) >= 11 is 0. The van der Waals surface area contributed by atoms with E-state index < -0.39 is 29.5 Å². The fourth-order valence-corrected chi connectivity index (χ4v) is 1.54. The molecule has 0 unspecified atom stereocenters. The normalized spacial score (nSPS) is 12.9. The van der Waals surface area contributed by atoms with Gasteiger partial charge in [0.05, 0.1) is 13.7 Å². The number of rotatable bonds is 5. The second-order valence-corrected chi connectivity index (χ2v) is 3.68. The van der Waals surface area contributed by atoms with E-state index in [9.17, 15) is 18.0 Å². The van der Waals surface area contributed by atoms with E-state index >= 15 is 0 Å². The van der Waals surface area contributed by atoms with Crippen LogP contribution in [0.5, 0.6) is 5.75 Å². The number of alkyl halides is 2. The number of hydrogen-bond donors (Lipinski definition) is 1. The minimum absolute atomic E-state index is 0.207. The number of benzene rings is 1. The first-order valence-corrected chi connectivity index (χ1v) is 5.49. The Labute approximate surface area is 108 Å². The van der Waals surface area contributed by atoms with Gasteiger partial charge < -0.3 is 15.2 Å². The van der Waals surface area contributed by atoms with Crippen molar-refractivity contribution in [1.82, 2.24) is 0 Å². The first-order valence-electron chi connectivity index (χ1n) is 5.49. The van der Waals surface area contributed by atoms with Gasteiger partial charge in [-0.15, -0.1) is 0 Å². The van der Waals surface area contributed by atoms with Crippen LogP contribution >= 0.6 is 0 Å². The highest BCUT2D eigenvalue weighted by atomic mass is 19.3. The molecule has 1 aromatic rings. The molecule has 19 heavy (non-hydrogen) atoms. The van der Waals surface area contributed by atoms with E-state index in [-0.39, 0.29) is 12.2 Å². The van der Waals surface area contributed by atoms with Gasteiger partial charge in [-0.25, -0.2) is 9.18 Å². The molecule has 0 radical (unpaired) electrons. The van der Waals surface area contributed by atoms with E-state index in [1.54, 1.807) is 0 Å². The summed E-state index contributed by atoms with van der Waals surface area (Å²) in [5, 5.41) is 0. The van der Waals surface area contributed by atoms with Crippen LogP contribution in [0.25, 0.3) is 0 Å². The lowest BCUT2D eigenvalue weighted by Gasteiger charge is -2.23. The molecule has 0 fully saturated rings. The molecule has 1 rings (SSSR count). The molecular formula is C12H14F3NO3. The number of carbonyl (C=O) groups excluding carboxylic acids is 1. The van der Waals surface area contributed by atoms with Gasteiger partial charge in [0, 0.05) is 5.56 Å². The number of esters is 1. The van der Waals surface area contributed by atoms with Crippen molar-refractivity contribution in [1.29, 1.82) is 0 Å². The van der Waals surface area contributed by atoms with E-state index in [1.165, 1.54) is 19.1 Å². The minimum Gasteiger partial charge on any atom is -0.493 e. The Hall–Kier alpha value is -1.76. The Bertz CT molecular complexity index is 466. The van der Waals surface area contributed by atoms with Crippen LogP contribution in [-0.2, 0) is 9.53 Å². The number of hydrogen-bond acceptors (Lipinski definition) is 4. The highest BCUT2D eigenvalue weighted by Crippen LogP contribution is 2.36. The van der Waals surface area contributed by atoms with Gasteiger partial charge in [0.1, 0.15) is 6.04 Å². The SMILES string of the molecule is CCOC(=O)C(F)(F)[C@H](N)c1cccc(F)c1OC. The lowest BCUT2D eigenvalue weighted by molar-refractivity contribution is -0.174. The number of carbonyl (C=O) groups is 1. The molecule has 7 heteroatoms. The Morgan fingerprint density at radius 3 is 2.63 bits per heavy atom. The quantitative estimate of drug-likeness (QED) is 0.836. The van der Waals surface area contributed by atoms with Gasteiger partial charge in [-0.05, 0) is 13.0 Å². The summed E-state index contributed by atoms with van der Waals surface area (Å²) < 4.78 is 49.9. The molecule has 106 valence electrons. The molecule has 0 bridgehead atoms. The van der Waals surface area contributed by atoms with Gasteiger partial charge in [-0.2, -0.15) is 8.78 Å². The number of methoxy groups -OCH3 is 1. The number of nitrogens with two attached hydrogens (primary N) is 1. The van der Waals surface area contributed by atoms with Crippen molar-refractivity contribution in [3.05, 3.63) is 29.6 Å². The molecule has 1 atom stereocenters. The zero-order valence-corrected chi connectivity index (χ0v) is 10.5. The van der Waals surface area contributed by atoms with Crippen LogP contribution in [-0.4, -0.2) is 25.6 Å². The maximum absolute atomic E-state index is 13.8. The fourth-order valence-electron chi connectivity index (χ4n) is 1.54. The molecule has 0 saturated carbocycles. The molecule has 0 amide bonds. The molecule has 0 heterocycles. The second-order valence-electron chi connectivity index (χ2n) is 3.68. The third kappa shape index (κ3) is 2.98. The standard InChI is InChI=1S/C12H14F3NO3/c1-3-19-11(17)12(14,15)10(16)7-5-4-6-8(13)9(7)18-2/h4-6,10H,3,16H2,1-2H3/t10-/m1/s1. The van der Waals surface area contributed by atoms with Crippen molar-refractivity contribution >= 4 is 5.97 Å². The van der Waals surface area contributed by atoms with Gasteiger partial charge in [0.2, 0.25) is 0 Å². The smallest absolute Gasteiger partial charge is 0.379 e. The molecule has 2 N–H and O–H groups in total. The predicted octanol–water partition coefficient (Wildman–Crippen LogP) is 2.03. The van der Waals surface area contributed by atoms with Crippen LogP contribution in [0.15, 0.2) is 18.2 Å². The number of halogens is 3. The monoisotopic (exact) mass is 277 g/mol. The lowest BCUT2D eigenvalue weighted by Crippen LogP contribution is -2.42. The average Bonchev–Trinajstić information content (AvgIpc) is 2.37. The third-order valence-electron chi connectivity index (χ3n) is 2.47. The molecule has 0 aliphatic carbocycles. The Morgan fingerprint density at radius 1 is 1.47 bits per heavy atom. The van der Waals surface area contributed by atoms with Crippen LogP contribution in [0.4, 0.5) is 13.2 Å². The molecule has 1 aromatic carbocycles. The van der Waals surface area contributed by atoms with Gasteiger partial charge in [-0.3, -0.25) is 0 Å². The molecule has 4 nitrogen and oxygen atoms in total. The highest BCUT2D eigenvalue weighted by Gasteiger charge is 2.48. The number of para-hydroxylation sites is 1. The molecule has 0 saturated heterocycles. The summed E-state index contributed by atoms with van der Waals surface area (Å²) in [6, 6.07) is 1.35. The third-order valence-corrected chi connectivity index (χ3v) is 2.47. The van der Waals surface area contributed by atoms with Gasteiger partial charge in [0.15, 0.2) is 11.6 Å². The van der Waals surface area contributed by atoms with Crippen LogP contribution in [0.1, 0.15) is 18.5 Å². The lowest BCUT2D eigenvalue weighted by atomic mass is 10.00. The molecule has 0 aliphatic heterocycles. The maximum atomic E-state index is 13.8.